The van der Waals surface area contributed by atoms with Crippen molar-refractivity contribution in [2.45, 2.75) is 103 Å². The number of benzene rings is 4. The average molecular weight is 713 g/mol. The van der Waals surface area contributed by atoms with E-state index < -0.39 is 41.5 Å². The summed E-state index contributed by atoms with van der Waals surface area (Å²) < 4.78 is 49.3. The summed E-state index contributed by atoms with van der Waals surface area (Å²) in [6.45, 7) is 11.8. The lowest BCUT2D eigenvalue weighted by molar-refractivity contribution is -0.137. The van der Waals surface area contributed by atoms with Gasteiger partial charge in [-0.3, -0.25) is 9.80 Å². The molecule has 0 bridgehead atoms. The third-order valence-electron chi connectivity index (χ3n) is 9.33. The van der Waals surface area contributed by atoms with Crippen molar-refractivity contribution in [1.82, 2.24) is 9.80 Å². The predicted molar refractivity (Wildman–Crippen MR) is 202 cm³/mol. The minimum absolute atomic E-state index is 0.165. The minimum Gasteiger partial charge on any atom is -0.444 e. The lowest BCUT2D eigenvalue weighted by Gasteiger charge is -2.47. The van der Waals surface area contributed by atoms with Gasteiger partial charge in [0.15, 0.2) is 0 Å². The van der Waals surface area contributed by atoms with E-state index >= 15 is 0 Å². The summed E-state index contributed by atoms with van der Waals surface area (Å²) >= 11 is 0. The number of rotatable bonds is 15. The molecule has 1 aliphatic heterocycles. The molecule has 4 aromatic carbocycles. The summed E-state index contributed by atoms with van der Waals surface area (Å²) in [4.78, 5) is 18.3. The molecule has 5 rings (SSSR count). The van der Waals surface area contributed by atoms with E-state index in [4.69, 9.17) is 14.2 Å². The number of amides is 1. The Morgan fingerprint density at radius 3 is 1.88 bits per heavy atom. The summed E-state index contributed by atoms with van der Waals surface area (Å²) in [7, 11) is 0. The highest BCUT2D eigenvalue weighted by Gasteiger charge is 2.44. The first kappa shape index (κ1) is 39.1. The second-order valence-electron chi connectivity index (χ2n) is 15.3. The smallest absolute Gasteiger partial charge is 0.410 e. The molecule has 1 amide bonds. The Morgan fingerprint density at radius 1 is 0.827 bits per heavy atom. The maximum atomic E-state index is 14.8. The van der Waals surface area contributed by atoms with Crippen LogP contribution in [-0.4, -0.2) is 58.9 Å². The fourth-order valence-electron chi connectivity index (χ4n) is 6.82. The van der Waals surface area contributed by atoms with E-state index in [1.165, 1.54) is 12.1 Å². The number of halogens is 2. The largest absolute Gasteiger partial charge is 0.444 e. The molecule has 1 saturated heterocycles. The van der Waals surface area contributed by atoms with E-state index in [2.05, 4.69) is 43.0 Å². The number of hydrogen-bond acceptors (Lipinski definition) is 5. The van der Waals surface area contributed by atoms with Crippen LogP contribution in [0.5, 0.6) is 0 Å². The third kappa shape index (κ3) is 12.0. The normalized spacial score (nSPS) is 17.7. The molecule has 0 saturated carbocycles. The first-order chi connectivity index (χ1) is 24.9. The highest BCUT2D eigenvalue weighted by atomic mass is 19.1. The van der Waals surface area contributed by atoms with E-state index in [9.17, 15) is 13.6 Å². The van der Waals surface area contributed by atoms with Crippen LogP contribution in [0.15, 0.2) is 109 Å². The van der Waals surface area contributed by atoms with Crippen molar-refractivity contribution >= 4 is 6.09 Å². The Kier molecular flexibility index (Phi) is 14.0. The molecule has 1 unspecified atom stereocenters. The molecule has 0 radical (unpaired) electrons. The van der Waals surface area contributed by atoms with Crippen LogP contribution in [0.4, 0.5) is 13.6 Å². The molecule has 1 aliphatic rings. The summed E-state index contributed by atoms with van der Waals surface area (Å²) in [6.07, 6.45) is 0.764. The zero-order valence-corrected chi connectivity index (χ0v) is 31.2. The van der Waals surface area contributed by atoms with Crippen molar-refractivity contribution in [1.29, 1.82) is 0 Å². The topological polar surface area (TPSA) is 51.2 Å². The van der Waals surface area contributed by atoms with Gasteiger partial charge in [-0.2, -0.15) is 0 Å². The molecule has 1 fully saturated rings. The number of nitrogens with zero attached hydrogens (tertiary/aromatic N) is 2. The van der Waals surface area contributed by atoms with Crippen molar-refractivity contribution in [3.05, 3.63) is 143 Å². The Hall–Kier alpha value is -4.11. The fourth-order valence-corrected chi connectivity index (χ4v) is 6.82. The molecule has 1 heterocycles. The molecule has 0 N–H and O–H groups in total. The second-order valence-corrected chi connectivity index (χ2v) is 15.3. The van der Waals surface area contributed by atoms with Crippen LogP contribution in [0.25, 0.3) is 0 Å². The van der Waals surface area contributed by atoms with Crippen LogP contribution in [0.1, 0.15) is 69.7 Å². The summed E-state index contributed by atoms with van der Waals surface area (Å²) in [5, 5.41) is 0. The first-order valence-corrected chi connectivity index (χ1v) is 18.5. The van der Waals surface area contributed by atoms with Gasteiger partial charge in [0, 0.05) is 25.2 Å². The van der Waals surface area contributed by atoms with Crippen molar-refractivity contribution in [2.24, 2.45) is 5.92 Å². The lowest BCUT2D eigenvalue weighted by Crippen LogP contribution is -2.63. The maximum absolute atomic E-state index is 14.8. The van der Waals surface area contributed by atoms with E-state index in [-0.39, 0.29) is 25.7 Å². The Bertz CT molecular complexity index is 1600. The van der Waals surface area contributed by atoms with Gasteiger partial charge < -0.3 is 14.2 Å². The van der Waals surface area contributed by atoms with Crippen molar-refractivity contribution in [2.75, 3.05) is 13.2 Å². The van der Waals surface area contributed by atoms with Gasteiger partial charge in [-0.05, 0) is 80.3 Å². The summed E-state index contributed by atoms with van der Waals surface area (Å²) in [6, 6.07) is 32.8. The molecule has 52 heavy (non-hydrogen) atoms. The number of carbonyl (C=O) groups excluding carboxylic acids is 1. The van der Waals surface area contributed by atoms with Gasteiger partial charge in [-0.15, -0.1) is 0 Å². The molecule has 4 atom stereocenters. The number of carbonyl (C=O) groups is 1. The second kappa shape index (κ2) is 18.6. The Labute approximate surface area is 308 Å². The van der Waals surface area contributed by atoms with E-state index in [0.29, 0.717) is 31.1 Å². The van der Waals surface area contributed by atoms with Crippen LogP contribution in [0, 0.1) is 17.6 Å². The van der Waals surface area contributed by atoms with Gasteiger partial charge in [-0.25, -0.2) is 13.6 Å². The molecule has 6 nitrogen and oxygen atoms in total. The van der Waals surface area contributed by atoms with Gasteiger partial charge >= 0.3 is 6.09 Å². The zero-order valence-electron chi connectivity index (χ0n) is 31.2. The molecule has 0 aromatic heterocycles. The van der Waals surface area contributed by atoms with Gasteiger partial charge in [-0.1, -0.05) is 105 Å². The Balaban J connectivity index is 1.63. The van der Waals surface area contributed by atoms with Crippen LogP contribution < -0.4 is 0 Å². The van der Waals surface area contributed by atoms with Gasteiger partial charge in [0.1, 0.15) is 17.2 Å². The summed E-state index contributed by atoms with van der Waals surface area (Å²) in [5.41, 5.74) is 2.90. The van der Waals surface area contributed by atoms with Crippen LogP contribution in [0.2, 0.25) is 0 Å². The molecule has 8 heteroatoms. The van der Waals surface area contributed by atoms with Gasteiger partial charge in [0.25, 0.3) is 0 Å². The van der Waals surface area contributed by atoms with Crippen molar-refractivity contribution in [3.8, 4) is 0 Å². The number of morpholine rings is 1. The number of hydrogen-bond donors (Lipinski definition) is 0. The van der Waals surface area contributed by atoms with Crippen molar-refractivity contribution in [3.63, 3.8) is 0 Å². The first-order valence-electron chi connectivity index (χ1n) is 18.5. The Morgan fingerprint density at radius 2 is 1.37 bits per heavy atom. The highest BCUT2D eigenvalue weighted by molar-refractivity contribution is 5.69. The van der Waals surface area contributed by atoms with E-state index in [0.717, 1.165) is 35.6 Å². The molecule has 0 aliphatic carbocycles. The molecular weight excluding hydrogens is 658 g/mol. The van der Waals surface area contributed by atoms with Crippen LogP contribution >= 0.6 is 0 Å². The van der Waals surface area contributed by atoms with Gasteiger partial charge in [0.05, 0.1) is 38.0 Å². The summed E-state index contributed by atoms with van der Waals surface area (Å²) in [5.74, 6) is -0.797. The molecule has 0 spiro atoms. The SMILES string of the molecule is CC(C)CC[C@H]1CN(C(=O)OC(C)(C)C)[C@@H](C(OCc2ccccc2)[C@H](Cc2cc(F)cc(F)c2)N(Cc2ccccc2)Cc2ccccc2)CO1. The van der Waals surface area contributed by atoms with Gasteiger partial charge in [0.2, 0.25) is 0 Å². The monoisotopic (exact) mass is 712 g/mol. The number of ether oxygens (including phenoxy) is 3. The van der Waals surface area contributed by atoms with E-state index in [1.807, 2.05) is 87.5 Å². The fraction of sp³-hybridized carbons (Fsp3) is 0.432. The molecular formula is C44H54F2N2O4. The maximum Gasteiger partial charge on any atom is 0.410 e. The standard InChI is InChI=1S/C44H54F2N2O4/c1-32(2)21-22-39-29-48(43(49)52-44(3,4)5)41(31-50-39)42(51-30-35-19-13-8-14-20-35)40(25-36-23-37(45)26-38(46)24-36)47(27-33-15-9-6-10-16-33)28-34-17-11-7-12-18-34/h6-20,23-24,26,32,39-42H,21-22,25,27-31H2,1-5H3/t39-,40-,41+,42?/m0/s1. The van der Waals surface area contributed by atoms with Crippen LogP contribution in [0.3, 0.4) is 0 Å². The average Bonchev–Trinajstić information content (AvgIpc) is 3.10. The highest BCUT2D eigenvalue weighted by Crippen LogP contribution is 2.30. The molecule has 4 aromatic rings. The lowest BCUT2D eigenvalue weighted by atomic mass is 9.91. The van der Waals surface area contributed by atoms with Crippen LogP contribution in [-0.2, 0) is 40.3 Å². The molecule has 278 valence electrons. The van der Waals surface area contributed by atoms with E-state index in [1.54, 1.807) is 4.90 Å². The minimum atomic E-state index is -0.723. The third-order valence-corrected chi connectivity index (χ3v) is 9.33. The quantitative estimate of drug-likeness (QED) is 0.123. The van der Waals surface area contributed by atoms with Crippen molar-refractivity contribution < 1.29 is 27.8 Å². The zero-order chi connectivity index (χ0) is 37.1. The predicted octanol–water partition coefficient (Wildman–Crippen LogP) is 9.60.